The Hall–Kier alpha value is -4.10. The summed E-state index contributed by atoms with van der Waals surface area (Å²) in [5.74, 6) is -1.05. The second-order valence-corrected chi connectivity index (χ2v) is 9.06. The van der Waals surface area contributed by atoms with Gasteiger partial charge in [0.25, 0.3) is 0 Å². The maximum Gasteiger partial charge on any atom is 0.316 e. The maximum absolute atomic E-state index is 13.4. The summed E-state index contributed by atoms with van der Waals surface area (Å²) in [7, 11) is 1.56. The molecule has 0 radical (unpaired) electrons. The summed E-state index contributed by atoms with van der Waals surface area (Å²) < 4.78 is 16.9. The number of halogens is 1. The number of anilines is 1. The highest BCUT2D eigenvalue weighted by Gasteiger charge is 2.37. The minimum atomic E-state index is -0.745. The first-order valence-electron chi connectivity index (χ1n) is 11.3. The summed E-state index contributed by atoms with van der Waals surface area (Å²) in [6.45, 7) is 2.03. The third kappa shape index (κ3) is 4.45. The van der Waals surface area contributed by atoms with E-state index in [0.29, 0.717) is 33.0 Å². The number of carbonyl (C=O) groups is 2. The van der Waals surface area contributed by atoms with E-state index in [4.69, 9.17) is 25.5 Å². The molecular weight excluding hydrogens is 482 g/mol. The van der Waals surface area contributed by atoms with Gasteiger partial charge in [-0.1, -0.05) is 17.7 Å². The number of methoxy groups -OCH3 is 1. The Morgan fingerprint density at radius 1 is 1.03 bits per heavy atom. The molecule has 1 unspecified atom stereocenters. The van der Waals surface area contributed by atoms with Crippen LogP contribution >= 0.6 is 11.6 Å². The number of hydrogen-bond acceptors (Lipinski definition) is 6. The molecule has 1 atom stereocenters. The zero-order valence-electron chi connectivity index (χ0n) is 19.6. The van der Waals surface area contributed by atoms with Crippen molar-refractivity contribution in [3.8, 4) is 22.8 Å². The number of aryl methyl sites for hydroxylation is 1. The first kappa shape index (κ1) is 23.6. The molecule has 7 nitrogen and oxygen atoms in total. The van der Waals surface area contributed by atoms with Crippen LogP contribution in [0.3, 0.4) is 0 Å². The van der Waals surface area contributed by atoms with Crippen molar-refractivity contribution < 1.29 is 23.5 Å². The van der Waals surface area contributed by atoms with Gasteiger partial charge in [-0.2, -0.15) is 0 Å². The highest BCUT2D eigenvalue weighted by atomic mass is 35.5. The molecule has 36 heavy (non-hydrogen) atoms. The fourth-order valence-electron chi connectivity index (χ4n) is 4.23. The van der Waals surface area contributed by atoms with Gasteiger partial charge in [-0.05, 0) is 73.2 Å². The van der Waals surface area contributed by atoms with Crippen LogP contribution in [0.4, 0.5) is 5.69 Å². The summed E-state index contributed by atoms with van der Waals surface area (Å²) in [5.41, 5.74) is 2.02. The van der Waals surface area contributed by atoms with Gasteiger partial charge in [-0.15, -0.1) is 0 Å². The monoisotopic (exact) mass is 503 g/mol. The Morgan fingerprint density at radius 3 is 2.44 bits per heavy atom. The second-order valence-electron chi connectivity index (χ2n) is 8.62. The van der Waals surface area contributed by atoms with Gasteiger partial charge in [-0.25, -0.2) is 0 Å². The number of rotatable bonds is 5. The Bertz CT molecular complexity index is 1530. The number of hydrogen-bond donors (Lipinski definition) is 0. The molecule has 0 bridgehead atoms. The van der Waals surface area contributed by atoms with Crippen LogP contribution in [0.1, 0.15) is 12.0 Å². The number of amides is 1. The van der Waals surface area contributed by atoms with Crippen molar-refractivity contribution in [3.63, 3.8) is 0 Å². The van der Waals surface area contributed by atoms with Crippen LogP contribution in [0.5, 0.6) is 11.5 Å². The molecule has 1 aliphatic heterocycles. The lowest BCUT2D eigenvalue weighted by Gasteiger charge is -2.17. The van der Waals surface area contributed by atoms with Crippen molar-refractivity contribution in [2.45, 2.75) is 13.3 Å². The topological polar surface area (TPSA) is 86.0 Å². The quantitative estimate of drug-likeness (QED) is 0.339. The molecule has 0 saturated carbocycles. The first-order chi connectivity index (χ1) is 17.3. The van der Waals surface area contributed by atoms with Crippen molar-refractivity contribution in [3.05, 3.63) is 87.5 Å². The van der Waals surface area contributed by atoms with E-state index in [-0.39, 0.29) is 30.4 Å². The van der Waals surface area contributed by atoms with E-state index in [1.54, 1.807) is 73.8 Å². The smallest absolute Gasteiger partial charge is 0.316 e. The van der Waals surface area contributed by atoms with E-state index in [1.165, 1.54) is 4.90 Å². The Kier molecular flexibility index (Phi) is 6.24. The average Bonchev–Trinajstić information content (AvgIpc) is 3.27. The van der Waals surface area contributed by atoms with Gasteiger partial charge in [0.15, 0.2) is 5.76 Å². The molecule has 1 amide bonds. The lowest BCUT2D eigenvalue weighted by Crippen LogP contribution is -2.28. The Labute approximate surface area is 211 Å². The number of esters is 1. The van der Waals surface area contributed by atoms with Crippen LogP contribution in [-0.4, -0.2) is 25.5 Å². The van der Waals surface area contributed by atoms with E-state index in [2.05, 4.69) is 0 Å². The molecule has 182 valence electrons. The van der Waals surface area contributed by atoms with Crippen LogP contribution in [-0.2, 0) is 9.59 Å². The molecule has 2 heterocycles. The van der Waals surface area contributed by atoms with Crippen LogP contribution in [0, 0.1) is 12.8 Å². The van der Waals surface area contributed by atoms with E-state index < -0.39 is 17.3 Å². The standard InChI is InChI=1S/C28H22ClNO6/c1-16-3-12-22-23(13-16)35-26(17-4-6-19(29)7-5-17)27(25(22)32)36-28(33)18-14-24(31)30(15-18)20-8-10-21(34-2)11-9-20/h3-13,18H,14-15H2,1-2H3. The lowest BCUT2D eigenvalue weighted by molar-refractivity contribution is -0.139. The Balaban J connectivity index is 1.48. The zero-order chi connectivity index (χ0) is 25.4. The van der Waals surface area contributed by atoms with E-state index in [1.807, 2.05) is 6.92 Å². The fourth-order valence-corrected chi connectivity index (χ4v) is 4.35. The number of benzene rings is 3. The van der Waals surface area contributed by atoms with Gasteiger partial charge in [0, 0.05) is 29.2 Å². The highest BCUT2D eigenvalue weighted by molar-refractivity contribution is 6.30. The second kappa shape index (κ2) is 9.51. The number of fused-ring (bicyclic) bond motifs is 1. The van der Waals surface area contributed by atoms with Gasteiger partial charge < -0.3 is 18.8 Å². The van der Waals surface area contributed by atoms with E-state index in [0.717, 1.165) is 5.56 Å². The molecule has 1 fully saturated rings. The van der Waals surface area contributed by atoms with Crippen molar-refractivity contribution in [2.24, 2.45) is 5.92 Å². The van der Waals surface area contributed by atoms with Gasteiger partial charge in [0.1, 0.15) is 11.3 Å². The molecule has 3 aromatic carbocycles. The molecule has 5 rings (SSSR count). The number of carbonyl (C=O) groups excluding carboxylic acids is 2. The minimum absolute atomic E-state index is 0.0285. The first-order valence-corrected chi connectivity index (χ1v) is 11.7. The maximum atomic E-state index is 13.4. The Morgan fingerprint density at radius 2 is 1.75 bits per heavy atom. The summed E-state index contributed by atoms with van der Waals surface area (Å²) in [6, 6.07) is 18.9. The van der Waals surface area contributed by atoms with Gasteiger partial charge in [0.05, 0.1) is 18.4 Å². The normalized spacial score (nSPS) is 15.4. The number of ether oxygens (including phenoxy) is 2. The third-order valence-corrected chi connectivity index (χ3v) is 6.41. The summed E-state index contributed by atoms with van der Waals surface area (Å²) in [4.78, 5) is 40.8. The van der Waals surface area contributed by atoms with E-state index in [9.17, 15) is 14.4 Å². The van der Waals surface area contributed by atoms with Crippen molar-refractivity contribution in [1.29, 1.82) is 0 Å². The van der Waals surface area contributed by atoms with Crippen LogP contribution in [0.25, 0.3) is 22.3 Å². The molecule has 1 aliphatic rings. The summed E-state index contributed by atoms with van der Waals surface area (Å²) >= 11 is 6.03. The molecule has 8 heteroatoms. The van der Waals surface area contributed by atoms with Gasteiger partial charge in [0.2, 0.25) is 17.1 Å². The molecule has 0 spiro atoms. The zero-order valence-corrected chi connectivity index (χ0v) is 20.4. The van der Waals surface area contributed by atoms with Crippen LogP contribution in [0.15, 0.2) is 75.9 Å². The number of nitrogens with zero attached hydrogens (tertiary/aromatic N) is 1. The van der Waals surface area contributed by atoms with Gasteiger partial charge in [-0.3, -0.25) is 14.4 Å². The van der Waals surface area contributed by atoms with Gasteiger partial charge >= 0.3 is 5.97 Å². The third-order valence-electron chi connectivity index (χ3n) is 6.16. The molecule has 0 aliphatic carbocycles. The summed E-state index contributed by atoms with van der Waals surface area (Å²) in [5, 5.41) is 0.808. The molecule has 0 N–H and O–H groups in total. The minimum Gasteiger partial charge on any atom is -0.497 e. The molecule has 1 saturated heterocycles. The lowest BCUT2D eigenvalue weighted by atomic mass is 10.1. The van der Waals surface area contributed by atoms with Crippen molar-refractivity contribution >= 4 is 40.1 Å². The van der Waals surface area contributed by atoms with Crippen LogP contribution in [0.2, 0.25) is 5.02 Å². The molecule has 4 aromatic rings. The molecular formula is C28H22ClNO6. The highest BCUT2D eigenvalue weighted by Crippen LogP contribution is 2.34. The van der Waals surface area contributed by atoms with Crippen molar-refractivity contribution in [1.82, 2.24) is 0 Å². The SMILES string of the molecule is COc1ccc(N2CC(C(=O)Oc3c(-c4ccc(Cl)cc4)oc4cc(C)ccc4c3=O)CC2=O)cc1. The predicted molar refractivity (Wildman–Crippen MR) is 137 cm³/mol. The largest absolute Gasteiger partial charge is 0.497 e. The predicted octanol–water partition coefficient (Wildman–Crippen LogP) is 5.39. The average molecular weight is 504 g/mol. The summed E-state index contributed by atoms with van der Waals surface area (Å²) in [6.07, 6.45) is -0.0285. The van der Waals surface area contributed by atoms with Crippen LogP contribution < -0.4 is 19.8 Å². The van der Waals surface area contributed by atoms with E-state index >= 15 is 0 Å². The fraction of sp³-hybridized carbons (Fsp3) is 0.179. The van der Waals surface area contributed by atoms with Crippen molar-refractivity contribution in [2.75, 3.05) is 18.6 Å². The molecule has 1 aromatic heterocycles.